The number of amides is 4. The first-order chi connectivity index (χ1) is 14.3. The molecule has 8 heteroatoms. The van der Waals surface area contributed by atoms with E-state index in [9.17, 15) is 14.4 Å². The number of aryl methyl sites for hydroxylation is 2. The van der Waals surface area contributed by atoms with Gasteiger partial charge in [0.25, 0.3) is 5.91 Å². The number of likely N-dealkylation sites (N-methyl/N-ethyl adjacent to an activating group) is 2. The zero-order chi connectivity index (χ0) is 22.1. The zero-order valence-corrected chi connectivity index (χ0v) is 17.7. The summed E-state index contributed by atoms with van der Waals surface area (Å²) in [6, 6.07) is 12.0. The molecule has 2 aromatic carbocycles. The van der Waals surface area contributed by atoms with E-state index in [1.165, 1.54) is 4.90 Å². The minimum absolute atomic E-state index is 0.0717. The molecule has 0 aliphatic rings. The predicted octanol–water partition coefficient (Wildman–Crippen LogP) is 2.92. The van der Waals surface area contributed by atoms with Crippen LogP contribution in [0.1, 0.15) is 18.1 Å². The Morgan fingerprint density at radius 1 is 0.933 bits per heavy atom. The van der Waals surface area contributed by atoms with Crippen molar-refractivity contribution in [2.24, 2.45) is 0 Å². The summed E-state index contributed by atoms with van der Waals surface area (Å²) >= 11 is 0. The highest BCUT2D eigenvalue weighted by molar-refractivity contribution is 5.97. The van der Waals surface area contributed by atoms with Crippen LogP contribution >= 0.6 is 0 Å². The van der Waals surface area contributed by atoms with Crippen LogP contribution < -0.4 is 20.7 Å². The SMILES string of the molecule is CCNC(=O)COc1ccc(NC(=O)N(C)CC(=O)Nc2c(C)cccc2C)cc1. The molecule has 30 heavy (non-hydrogen) atoms. The Morgan fingerprint density at radius 2 is 1.57 bits per heavy atom. The fraction of sp³-hybridized carbons (Fsp3) is 0.318. The average Bonchev–Trinajstić information content (AvgIpc) is 2.70. The quantitative estimate of drug-likeness (QED) is 0.621. The molecule has 0 saturated heterocycles. The highest BCUT2D eigenvalue weighted by atomic mass is 16.5. The Kier molecular flexibility index (Phi) is 8.22. The molecule has 0 aliphatic heterocycles. The average molecular weight is 412 g/mol. The number of carbonyl (C=O) groups excluding carboxylic acids is 3. The van der Waals surface area contributed by atoms with Crippen molar-refractivity contribution in [2.75, 3.05) is 37.4 Å². The Morgan fingerprint density at radius 3 is 2.17 bits per heavy atom. The molecule has 0 radical (unpaired) electrons. The number of hydrogen-bond acceptors (Lipinski definition) is 4. The second kappa shape index (κ2) is 10.8. The van der Waals surface area contributed by atoms with Gasteiger partial charge >= 0.3 is 6.03 Å². The third kappa shape index (κ3) is 6.80. The summed E-state index contributed by atoms with van der Waals surface area (Å²) in [6.45, 7) is 6.05. The fourth-order valence-electron chi connectivity index (χ4n) is 2.73. The lowest BCUT2D eigenvalue weighted by atomic mass is 10.1. The van der Waals surface area contributed by atoms with Crippen LogP contribution in [0.5, 0.6) is 5.75 Å². The van der Waals surface area contributed by atoms with E-state index < -0.39 is 6.03 Å². The molecule has 0 heterocycles. The van der Waals surface area contributed by atoms with E-state index in [2.05, 4.69) is 16.0 Å². The van der Waals surface area contributed by atoms with Crippen molar-refractivity contribution in [2.45, 2.75) is 20.8 Å². The summed E-state index contributed by atoms with van der Waals surface area (Å²) in [7, 11) is 1.55. The van der Waals surface area contributed by atoms with E-state index in [0.717, 1.165) is 16.8 Å². The van der Waals surface area contributed by atoms with E-state index >= 15 is 0 Å². The van der Waals surface area contributed by atoms with E-state index in [1.807, 2.05) is 39.0 Å². The lowest BCUT2D eigenvalue weighted by molar-refractivity contribution is -0.123. The van der Waals surface area contributed by atoms with Gasteiger partial charge in [-0.2, -0.15) is 0 Å². The number of nitrogens with one attached hydrogen (secondary N) is 3. The second-order valence-electron chi connectivity index (χ2n) is 6.87. The lowest BCUT2D eigenvalue weighted by Gasteiger charge is -2.19. The summed E-state index contributed by atoms with van der Waals surface area (Å²) in [5.41, 5.74) is 3.24. The molecule has 0 aromatic heterocycles. The number of hydrogen-bond donors (Lipinski definition) is 3. The first-order valence-corrected chi connectivity index (χ1v) is 9.68. The largest absolute Gasteiger partial charge is 0.484 e. The molecule has 0 bridgehead atoms. The van der Waals surface area contributed by atoms with E-state index in [4.69, 9.17) is 4.74 Å². The van der Waals surface area contributed by atoms with Crippen LogP contribution in [0.4, 0.5) is 16.2 Å². The maximum Gasteiger partial charge on any atom is 0.322 e. The monoisotopic (exact) mass is 412 g/mol. The fourth-order valence-corrected chi connectivity index (χ4v) is 2.73. The van der Waals surface area contributed by atoms with Crippen LogP contribution in [0.15, 0.2) is 42.5 Å². The van der Waals surface area contributed by atoms with Crippen molar-refractivity contribution in [1.29, 1.82) is 0 Å². The van der Waals surface area contributed by atoms with Crippen molar-refractivity contribution < 1.29 is 19.1 Å². The molecule has 8 nitrogen and oxygen atoms in total. The predicted molar refractivity (Wildman–Crippen MR) is 117 cm³/mol. The summed E-state index contributed by atoms with van der Waals surface area (Å²) in [5, 5.41) is 8.22. The molecule has 0 saturated carbocycles. The lowest BCUT2D eigenvalue weighted by Crippen LogP contribution is -2.37. The molecule has 0 aliphatic carbocycles. The summed E-state index contributed by atoms with van der Waals surface area (Å²) in [6.07, 6.45) is 0. The third-order valence-electron chi connectivity index (χ3n) is 4.32. The van der Waals surface area contributed by atoms with Crippen LogP contribution in [-0.2, 0) is 9.59 Å². The highest BCUT2D eigenvalue weighted by Crippen LogP contribution is 2.19. The molecule has 4 amide bonds. The van der Waals surface area contributed by atoms with Gasteiger partial charge in [0.05, 0.1) is 0 Å². The van der Waals surface area contributed by atoms with Crippen molar-refractivity contribution in [3.05, 3.63) is 53.6 Å². The maximum atomic E-state index is 12.4. The maximum absolute atomic E-state index is 12.4. The van der Waals surface area contributed by atoms with Crippen LogP contribution in [-0.4, -0.2) is 49.5 Å². The number of nitrogens with zero attached hydrogens (tertiary/aromatic N) is 1. The molecule has 0 unspecified atom stereocenters. The molecule has 0 fully saturated rings. The molecule has 0 spiro atoms. The smallest absolute Gasteiger partial charge is 0.322 e. The number of urea groups is 1. The van der Waals surface area contributed by atoms with E-state index in [0.29, 0.717) is 18.0 Å². The molecule has 0 atom stereocenters. The molecule has 2 rings (SSSR count). The minimum atomic E-state index is -0.414. The van der Waals surface area contributed by atoms with E-state index in [-0.39, 0.29) is 25.0 Å². The highest BCUT2D eigenvalue weighted by Gasteiger charge is 2.14. The Hall–Kier alpha value is -3.55. The van der Waals surface area contributed by atoms with Gasteiger partial charge < -0.3 is 25.6 Å². The van der Waals surface area contributed by atoms with Gasteiger partial charge in [0.1, 0.15) is 12.3 Å². The van der Waals surface area contributed by atoms with Gasteiger partial charge in [-0.1, -0.05) is 18.2 Å². The first-order valence-electron chi connectivity index (χ1n) is 9.68. The molecule has 160 valence electrons. The van der Waals surface area contributed by atoms with Crippen LogP contribution in [0.25, 0.3) is 0 Å². The number of ether oxygens (including phenoxy) is 1. The van der Waals surface area contributed by atoms with Crippen molar-refractivity contribution in [3.8, 4) is 5.75 Å². The molecule has 3 N–H and O–H groups in total. The van der Waals surface area contributed by atoms with Gasteiger partial charge in [-0.05, 0) is 56.2 Å². The van der Waals surface area contributed by atoms with Gasteiger partial charge in [-0.25, -0.2) is 4.79 Å². The number of para-hydroxylation sites is 1. The standard InChI is InChI=1S/C22H28N4O4/c1-5-23-20(28)14-30-18-11-9-17(10-12-18)24-22(29)26(4)13-19(27)25-21-15(2)7-6-8-16(21)3/h6-12H,5,13-14H2,1-4H3,(H,23,28)(H,24,29)(H,25,27). The molecular weight excluding hydrogens is 384 g/mol. The van der Waals surface area contributed by atoms with Crippen LogP contribution in [0.2, 0.25) is 0 Å². The number of rotatable bonds is 8. The first kappa shape index (κ1) is 22.7. The number of anilines is 2. The van der Waals surface area contributed by atoms with Crippen LogP contribution in [0, 0.1) is 13.8 Å². The summed E-state index contributed by atoms with van der Waals surface area (Å²) < 4.78 is 5.37. The van der Waals surface area contributed by atoms with Crippen molar-refractivity contribution in [1.82, 2.24) is 10.2 Å². The van der Waals surface area contributed by atoms with Gasteiger partial charge in [-0.15, -0.1) is 0 Å². The van der Waals surface area contributed by atoms with Gasteiger partial charge in [0, 0.05) is 25.0 Å². The van der Waals surface area contributed by atoms with Crippen molar-refractivity contribution in [3.63, 3.8) is 0 Å². The Balaban J connectivity index is 1.85. The number of carbonyl (C=O) groups is 3. The molecule has 2 aromatic rings. The van der Waals surface area contributed by atoms with Gasteiger partial charge in [-0.3, -0.25) is 9.59 Å². The normalized spacial score (nSPS) is 10.1. The second-order valence-corrected chi connectivity index (χ2v) is 6.87. The third-order valence-corrected chi connectivity index (χ3v) is 4.32. The Labute approximate surface area is 176 Å². The zero-order valence-electron chi connectivity index (χ0n) is 17.7. The topological polar surface area (TPSA) is 99.8 Å². The Bertz CT molecular complexity index is 876. The van der Waals surface area contributed by atoms with Crippen LogP contribution in [0.3, 0.4) is 0 Å². The minimum Gasteiger partial charge on any atom is -0.484 e. The van der Waals surface area contributed by atoms with Gasteiger partial charge in [0.15, 0.2) is 6.61 Å². The summed E-state index contributed by atoms with van der Waals surface area (Å²) in [4.78, 5) is 37.4. The van der Waals surface area contributed by atoms with Gasteiger partial charge in [0.2, 0.25) is 5.91 Å². The number of benzene rings is 2. The van der Waals surface area contributed by atoms with Crippen molar-refractivity contribution >= 4 is 29.2 Å². The summed E-state index contributed by atoms with van der Waals surface area (Å²) in [5.74, 6) is 0.0374. The molecular formula is C22H28N4O4. The van der Waals surface area contributed by atoms with E-state index in [1.54, 1.807) is 31.3 Å².